The summed E-state index contributed by atoms with van der Waals surface area (Å²) in [6, 6.07) is 8.23. The number of nitrogens with zero attached hydrogens (tertiary/aromatic N) is 2. The van der Waals surface area contributed by atoms with Gasteiger partial charge in [0, 0.05) is 43.0 Å². The van der Waals surface area contributed by atoms with Gasteiger partial charge in [0.05, 0.1) is 0 Å². The Hall–Kier alpha value is -2.08. The lowest BCUT2D eigenvalue weighted by Crippen LogP contribution is -2.41. The molecule has 3 heterocycles. The third-order valence-corrected chi connectivity index (χ3v) is 6.69. The first-order valence-corrected chi connectivity index (χ1v) is 10.4. The van der Waals surface area contributed by atoms with Gasteiger partial charge >= 0.3 is 6.03 Å². The minimum absolute atomic E-state index is 0.0356. The number of anilines is 1. The van der Waals surface area contributed by atoms with Gasteiger partial charge in [0.2, 0.25) is 0 Å². The molecule has 1 aromatic carbocycles. The topological polar surface area (TPSA) is 64.7 Å². The molecule has 0 spiro atoms. The third kappa shape index (κ3) is 3.43. The minimum Gasteiger partial charge on any atom is -0.349 e. The van der Waals surface area contributed by atoms with E-state index in [1.165, 1.54) is 25.8 Å². The molecule has 4 aliphatic rings. The van der Waals surface area contributed by atoms with Crippen molar-refractivity contribution in [1.82, 2.24) is 15.1 Å². The highest BCUT2D eigenvalue weighted by Crippen LogP contribution is 2.40. The molecule has 1 saturated carbocycles. The maximum atomic E-state index is 12.8. The number of carbonyl (C=O) groups is 2. The number of fused-ring (bicyclic) bond motifs is 3. The van der Waals surface area contributed by atoms with Gasteiger partial charge in [-0.25, -0.2) is 4.79 Å². The largest absolute Gasteiger partial charge is 0.349 e. The molecule has 6 nitrogen and oxygen atoms in total. The molecular weight excluding hydrogens is 340 g/mol. The van der Waals surface area contributed by atoms with Crippen molar-refractivity contribution < 1.29 is 9.59 Å². The van der Waals surface area contributed by atoms with Crippen LogP contribution in [0.1, 0.15) is 42.5 Å². The standard InChI is InChI=1S/C21H28N4O2/c26-20(22-16-7-8-16)14-4-3-5-17(10-14)23-21(27)25-12-15-11-24-9-2-1-6-19(24)18(15)13-25/h3-5,10,15-16,18-19H,1-2,6-9,11-13H2,(H,22,26)(H,23,27). The number of nitrogens with one attached hydrogen (secondary N) is 2. The summed E-state index contributed by atoms with van der Waals surface area (Å²) in [7, 11) is 0. The Morgan fingerprint density at radius 3 is 2.78 bits per heavy atom. The molecule has 2 N–H and O–H groups in total. The Labute approximate surface area is 160 Å². The van der Waals surface area contributed by atoms with Gasteiger partial charge in [-0.1, -0.05) is 12.5 Å². The Kier molecular flexibility index (Phi) is 4.31. The van der Waals surface area contributed by atoms with Crippen molar-refractivity contribution in [2.45, 2.75) is 44.2 Å². The fourth-order valence-corrected chi connectivity index (χ4v) is 5.16. The van der Waals surface area contributed by atoms with Crippen molar-refractivity contribution in [2.75, 3.05) is 31.5 Å². The molecule has 27 heavy (non-hydrogen) atoms. The van der Waals surface area contributed by atoms with E-state index in [0.29, 0.717) is 35.2 Å². The Balaban J connectivity index is 1.21. The highest BCUT2D eigenvalue weighted by atomic mass is 16.2. The van der Waals surface area contributed by atoms with E-state index < -0.39 is 0 Å². The van der Waals surface area contributed by atoms with Gasteiger partial charge < -0.3 is 15.5 Å². The smallest absolute Gasteiger partial charge is 0.321 e. The Morgan fingerprint density at radius 2 is 1.93 bits per heavy atom. The Bertz CT molecular complexity index is 747. The van der Waals surface area contributed by atoms with Crippen LogP contribution in [-0.4, -0.2) is 60.0 Å². The van der Waals surface area contributed by atoms with Crippen molar-refractivity contribution >= 4 is 17.6 Å². The van der Waals surface area contributed by atoms with Gasteiger partial charge in [-0.3, -0.25) is 9.69 Å². The highest BCUT2D eigenvalue weighted by molar-refractivity contribution is 5.97. The monoisotopic (exact) mass is 368 g/mol. The number of carbonyl (C=O) groups excluding carboxylic acids is 2. The van der Waals surface area contributed by atoms with Crippen LogP contribution in [0.4, 0.5) is 10.5 Å². The predicted molar refractivity (Wildman–Crippen MR) is 104 cm³/mol. The van der Waals surface area contributed by atoms with E-state index in [4.69, 9.17) is 0 Å². The minimum atomic E-state index is -0.0540. The van der Waals surface area contributed by atoms with Crippen LogP contribution in [0.3, 0.4) is 0 Å². The molecule has 6 heteroatoms. The molecule has 1 aromatic rings. The lowest BCUT2D eigenvalue weighted by Gasteiger charge is -2.33. The number of benzene rings is 1. The summed E-state index contributed by atoms with van der Waals surface area (Å²) in [6.45, 7) is 4.10. The summed E-state index contributed by atoms with van der Waals surface area (Å²) in [4.78, 5) is 29.6. The van der Waals surface area contributed by atoms with Gasteiger partial charge in [-0.2, -0.15) is 0 Å². The van der Waals surface area contributed by atoms with Crippen molar-refractivity contribution in [2.24, 2.45) is 11.8 Å². The maximum absolute atomic E-state index is 12.8. The number of amides is 3. The zero-order valence-electron chi connectivity index (χ0n) is 15.7. The molecule has 3 aliphatic heterocycles. The number of rotatable bonds is 3. The average Bonchev–Trinajstić information content (AvgIpc) is 3.27. The quantitative estimate of drug-likeness (QED) is 0.862. The third-order valence-electron chi connectivity index (χ3n) is 6.69. The van der Waals surface area contributed by atoms with Crippen LogP contribution in [0.2, 0.25) is 0 Å². The van der Waals surface area contributed by atoms with Crippen LogP contribution in [0.25, 0.3) is 0 Å². The van der Waals surface area contributed by atoms with Crippen molar-refractivity contribution in [1.29, 1.82) is 0 Å². The maximum Gasteiger partial charge on any atom is 0.321 e. The summed E-state index contributed by atoms with van der Waals surface area (Å²) in [5.74, 6) is 1.20. The first-order valence-electron chi connectivity index (χ1n) is 10.4. The zero-order chi connectivity index (χ0) is 18.4. The molecule has 144 valence electrons. The number of urea groups is 1. The van der Waals surface area contributed by atoms with Gasteiger partial charge in [0.15, 0.2) is 0 Å². The highest BCUT2D eigenvalue weighted by Gasteiger charge is 2.48. The second kappa shape index (κ2) is 6.82. The molecule has 0 bridgehead atoms. The zero-order valence-corrected chi connectivity index (χ0v) is 15.7. The van der Waals surface area contributed by atoms with Crippen LogP contribution < -0.4 is 10.6 Å². The van der Waals surface area contributed by atoms with E-state index in [0.717, 1.165) is 32.5 Å². The molecule has 0 aromatic heterocycles. The summed E-state index contributed by atoms with van der Waals surface area (Å²) >= 11 is 0. The lowest BCUT2D eigenvalue weighted by molar-refractivity contribution is 0.0951. The SMILES string of the molecule is O=C(NC1CC1)c1cccc(NC(=O)N2CC3CN4CCCCC4C3C2)c1. The lowest BCUT2D eigenvalue weighted by atomic mass is 9.90. The number of likely N-dealkylation sites (tertiary alicyclic amines) is 1. The number of piperidine rings is 1. The predicted octanol–water partition coefficient (Wildman–Crippen LogP) is 2.53. The van der Waals surface area contributed by atoms with Gasteiger partial charge in [0.25, 0.3) is 5.91 Å². The van der Waals surface area contributed by atoms with E-state index in [1.54, 1.807) is 12.1 Å². The van der Waals surface area contributed by atoms with Crippen LogP contribution in [0, 0.1) is 11.8 Å². The molecule has 3 atom stereocenters. The fourth-order valence-electron chi connectivity index (χ4n) is 5.16. The normalized spacial score (nSPS) is 29.9. The number of hydrogen-bond acceptors (Lipinski definition) is 3. The molecule has 4 fully saturated rings. The Morgan fingerprint density at radius 1 is 1.04 bits per heavy atom. The molecule has 0 radical (unpaired) electrons. The van der Waals surface area contributed by atoms with Gasteiger partial charge in [0.1, 0.15) is 0 Å². The van der Waals surface area contributed by atoms with Crippen LogP contribution in [0.15, 0.2) is 24.3 Å². The summed E-state index contributed by atoms with van der Waals surface area (Å²) < 4.78 is 0. The van der Waals surface area contributed by atoms with E-state index in [1.807, 2.05) is 17.0 Å². The summed E-state index contributed by atoms with van der Waals surface area (Å²) in [5, 5.41) is 6.00. The van der Waals surface area contributed by atoms with Gasteiger partial charge in [-0.15, -0.1) is 0 Å². The second-order valence-electron chi connectivity index (χ2n) is 8.65. The second-order valence-corrected chi connectivity index (χ2v) is 8.65. The molecule has 3 unspecified atom stereocenters. The molecular formula is C21H28N4O2. The first kappa shape index (κ1) is 17.0. The van der Waals surface area contributed by atoms with Crippen LogP contribution in [-0.2, 0) is 0 Å². The average molecular weight is 368 g/mol. The molecule has 1 aliphatic carbocycles. The molecule has 3 saturated heterocycles. The number of hydrogen-bond donors (Lipinski definition) is 2. The summed E-state index contributed by atoms with van der Waals surface area (Å²) in [5.41, 5.74) is 1.30. The van der Waals surface area contributed by atoms with Crippen molar-refractivity contribution in [3.8, 4) is 0 Å². The first-order chi connectivity index (χ1) is 13.2. The van der Waals surface area contributed by atoms with Crippen LogP contribution in [0.5, 0.6) is 0 Å². The molecule has 3 amide bonds. The van der Waals surface area contributed by atoms with E-state index >= 15 is 0 Å². The molecule has 5 rings (SSSR count). The van der Waals surface area contributed by atoms with Crippen molar-refractivity contribution in [3.05, 3.63) is 29.8 Å². The van der Waals surface area contributed by atoms with E-state index in [9.17, 15) is 9.59 Å². The van der Waals surface area contributed by atoms with E-state index in [2.05, 4.69) is 15.5 Å². The summed E-state index contributed by atoms with van der Waals surface area (Å²) in [6.07, 6.45) is 6.07. The van der Waals surface area contributed by atoms with Gasteiger partial charge in [-0.05, 0) is 62.3 Å². The van der Waals surface area contributed by atoms with Crippen LogP contribution >= 0.6 is 0 Å². The fraction of sp³-hybridized carbons (Fsp3) is 0.619. The van der Waals surface area contributed by atoms with Crippen molar-refractivity contribution in [3.63, 3.8) is 0 Å². The van der Waals surface area contributed by atoms with E-state index in [-0.39, 0.29) is 11.9 Å².